The van der Waals surface area contributed by atoms with Gasteiger partial charge in [-0.15, -0.1) is 0 Å². The maximum Gasteiger partial charge on any atom is 0.248 e. The van der Waals surface area contributed by atoms with E-state index in [1.807, 2.05) is 13.8 Å². The van der Waals surface area contributed by atoms with E-state index in [1.54, 1.807) is 4.90 Å². The lowest BCUT2D eigenvalue weighted by Gasteiger charge is -2.44. The Morgan fingerprint density at radius 2 is 1.95 bits per heavy atom. The number of nitrogens with two attached hydrogens (primary N) is 1. The number of halogens is 2. The molecule has 6 heteroatoms. The van der Waals surface area contributed by atoms with Gasteiger partial charge in [-0.25, -0.2) is 8.78 Å². The van der Waals surface area contributed by atoms with Crippen LogP contribution in [0.1, 0.15) is 39.5 Å². The predicted octanol–water partition coefficient (Wildman–Crippen LogP) is 1.78. The summed E-state index contributed by atoms with van der Waals surface area (Å²) in [7, 11) is 0. The fourth-order valence-corrected chi connectivity index (χ4v) is 3.13. The van der Waals surface area contributed by atoms with Gasteiger partial charge in [0.05, 0.1) is 11.7 Å². The van der Waals surface area contributed by atoms with E-state index in [1.165, 1.54) is 0 Å². The Morgan fingerprint density at radius 3 is 2.50 bits per heavy atom. The first-order valence-electron chi connectivity index (χ1n) is 7.27. The van der Waals surface area contributed by atoms with Crippen molar-refractivity contribution in [2.24, 2.45) is 11.7 Å². The first-order chi connectivity index (χ1) is 9.22. The molecule has 1 heterocycles. The van der Waals surface area contributed by atoms with E-state index in [0.717, 1.165) is 0 Å². The van der Waals surface area contributed by atoms with E-state index in [-0.39, 0.29) is 43.6 Å². The average molecular weight is 290 g/mol. The second-order valence-corrected chi connectivity index (χ2v) is 6.58. The molecule has 1 aliphatic heterocycles. The first kappa shape index (κ1) is 15.6. The minimum atomic E-state index is -2.60. The highest BCUT2D eigenvalue weighted by molar-refractivity contribution is 5.79. The summed E-state index contributed by atoms with van der Waals surface area (Å²) in [6, 6.07) is 0. The van der Waals surface area contributed by atoms with Crippen LogP contribution >= 0.6 is 0 Å². The molecule has 0 bridgehead atoms. The topological polar surface area (TPSA) is 55.6 Å². The zero-order valence-corrected chi connectivity index (χ0v) is 12.2. The molecule has 20 heavy (non-hydrogen) atoms. The van der Waals surface area contributed by atoms with Crippen LogP contribution in [0.25, 0.3) is 0 Å². The third-order valence-electron chi connectivity index (χ3n) is 4.12. The van der Waals surface area contributed by atoms with Gasteiger partial charge in [-0.05, 0) is 26.7 Å². The second kappa shape index (κ2) is 5.56. The van der Waals surface area contributed by atoms with Gasteiger partial charge in [0.2, 0.25) is 11.8 Å². The van der Waals surface area contributed by atoms with Crippen LogP contribution in [0.3, 0.4) is 0 Å². The van der Waals surface area contributed by atoms with Crippen molar-refractivity contribution in [3.05, 3.63) is 0 Å². The Hall–Kier alpha value is -0.750. The van der Waals surface area contributed by atoms with Crippen molar-refractivity contribution in [3.63, 3.8) is 0 Å². The van der Waals surface area contributed by atoms with Crippen LogP contribution < -0.4 is 5.73 Å². The van der Waals surface area contributed by atoms with Gasteiger partial charge < -0.3 is 15.4 Å². The van der Waals surface area contributed by atoms with Crippen LogP contribution in [0.5, 0.6) is 0 Å². The summed E-state index contributed by atoms with van der Waals surface area (Å²) in [5.74, 6) is -2.89. The van der Waals surface area contributed by atoms with Crippen LogP contribution in [0.15, 0.2) is 0 Å². The zero-order chi connectivity index (χ0) is 15.0. The molecular formula is C14H24F2N2O2. The fraction of sp³-hybridized carbons (Fsp3) is 0.929. The molecule has 0 radical (unpaired) electrons. The Labute approximate surface area is 118 Å². The molecule has 2 rings (SSSR count). The Morgan fingerprint density at radius 1 is 1.35 bits per heavy atom. The normalized spacial score (nSPS) is 30.2. The fourth-order valence-electron chi connectivity index (χ4n) is 3.13. The Bertz CT molecular complexity index is 364. The molecule has 1 saturated heterocycles. The molecular weight excluding hydrogens is 266 g/mol. The number of carbonyl (C=O) groups is 1. The van der Waals surface area contributed by atoms with E-state index >= 15 is 0 Å². The van der Waals surface area contributed by atoms with Crippen molar-refractivity contribution >= 4 is 5.91 Å². The molecule has 4 nitrogen and oxygen atoms in total. The number of nitrogens with zero attached hydrogens (tertiary/aromatic N) is 1. The minimum absolute atomic E-state index is 0.0182. The van der Waals surface area contributed by atoms with Gasteiger partial charge in [0.15, 0.2) is 0 Å². The summed E-state index contributed by atoms with van der Waals surface area (Å²) in [4.78, 5) is 14.2. The summed E-state index contributed by atoms with van der Waals surface area (Å²) >= 11 is 0. The van der Waals surface area contributed by atoms with Gasteiger partial charge in [-0.2, -0.15) is 0 Å². The summed E-state index contributed by atoms with van der Waals surface area (Å²) in [5.41, 5.74) is 5.20. The van der Waals surface area contributed by atoms with Crippen molar-refractivity contribution in [1.82, 2.24) is 4.90 Å². The third-order valence-corrected chi connectivity index (χ3v) is 4.12. The number of carbonyl (C=O) groups excluding carboxylic acids is 1. The van der Waals surface area contributed by atoms with Crippen molar-refractivity contribution in [1.29, 1.82) is 0 Å². The number of hydrogen-bond acceptors (Lipinski definition) is 3. The molecule has 2 aliphatic rings. The van der Waals surface area contributed by atoms with Crippen LogP contribution in [0.2, 0.25) is 0 Å². The smallest absolute Gasteiger partial charge is 0.248 e. The monoisotopic (exact) mass is 290 g/mol. The Kier molecular flexibility index (Phi) is 4.35. The molecule has 0 spiro atoms. The summed E-state index contributed by atoms with van der Waals surface area (Å²) in [6.07, 6.45) is 0.00987. The number of alkyl halides is 2. The van der Waals surface area contributed by atoms with Crippen LogP contribution in [0.4, 0.5) is 8.78 Å². The average Bonchev–Trinajstić information content (AvgIpc) is 2.36. The minimum Gasteiger partial charge on any atom is -0.367 e. The lowest BCUT2D eigenvalue weighted by Crippen LogP contribution is -2.57. The van der Waals surface area contributed by atoms with Gasteiger partial charge in [-0.1, -0.05) is 0 Å². The van der Waals surface area contributed by atoms with Gasteiger partial charge in [-0.3, -0.25) is 4.79 Å². The van der Waals surface area contributed by atoms with Gasteiger partial charge in [0.25, 0.3) is 0 Å². The molecule has 1 aliphatic carbocycles. The molecule has 2 N–H and O–H groups in total. The third kappa shape index (κ3) is 3.67. The highest BCUT2D eigenvalue weighted by Gasteiger charge is 2.41. The molecule has 0 aromatic heterocycles. The van der Waals surface area contributed by atoms with Crippen LogP contribution in [-0.2, 0) is 9.53 Å². The van der Waals surface area contributed by atoms with E-state index < -0.39 is 11.5 Å². The van der Waals surface area contributed by atoms with Crippen LogP contribution in [0, 0.1) is 5.92 Å². The SMILES string of the molecule is CC1(C)CN(C(=O)C2CCC(F)(F)CC2)CC(CN)O1. The first-order valence-corrected chi connectivity index (χ1v) is 7.27. The van der Waals surface area contributed by atoms with Crippen molar-refractivity contribution < 1.29 is 18.3 Å². The maximum absolute atomic E-state index is 13.2. The van der Waals surface area contributed by atoms with Gasteiger partial charge in [0.1, 0.15) is 0 Å². The highest BCUT2D eigenvalue weighted by atomic mass is 19.3. The van der Waals surface area contributed by atoms with Crippen molar-refractivity contribution in [2.75, 3.05) is 19.6 Å². The molecule has 1 saturated carbocycles. The lowest BCUT2D eigenvalue weighted by molar-refractivity contribution is -0.165. The molecule has 116 valence electrons. The molecule has 1 unspecified atom stereocenters. The molecule has 2 fully saturated rings. The van der Waals surface area contributed by atoms with Gasteiger partial charge >= 0.3 is 0 Å². The molecule has 0 aromatic carbocycles. The van der Waals surface area contributed by atoms with E-state index in [2.05, 4.69) is 0 Å². The highest BCUT2D eigenvalue weighted by Crippen LogP contribution is 2.37. The molecule has 0 aromatic rings. The van der Waals surface area contributed by atoms with E-state index in [4.69, 9.17) is 10.5 Å². The van der Waals surface area contributed by atoms with E-state index in [0.29, 0.717) is 19.6 Å². The second-order valence-electron chi connectivity index (χ2n) is 6.58. The van der Waals surface area contributed by atoms with Crippen LogP contribution in [-0.4, -0.2) is 48.1 Å². The number of morpholine rings is 1. The zero-order valence-electron chi connectivity index (χ0n) is 12.2. The standard InChI is InChI=1S/C14H24F2N2O2/c1-13(2)9-18(8-11(7-17)20-13)12(19)10-3-5-14(15,16)6-4-10/h10-11H,3-9,17H2,1-2H3. The van der Waals surface area contributed by atoms with Gasteiger partial charge in [0, 0.05) is 38.4 Å². The number of hydrogen-bond donors (Lipinski definition) is 1. The lowest BCUT2D eigenvalue weighted by atomic mass is 9.85. The van der Waals surface area contributed by atoms with E-state index in [9.17, 15) is 13.6 Å². The quantitative estimate of drug-likeness (QED) is 0.843. The summed E-state index contributed by atoms with van der Waals surface area (Å²) in [5, 5.41) is 0. The predicted molar refractivity (Wildman–Crippen MR) is 71.5 cm³/mol. The Balaban J connectivity index is 1.98. The molecule has 1 amide bonds. The molecule has 1 atom stereocenters. The number of rotatable bonds is 2. The van der Waals surface area contributed by atoms with Crippen molar-refractivity contribution in [2.45, 2.75) is 57.2 Å². The maximum atomic E-state index is 13.2. The van der Waals surface area contributed by atoms with Crippen molar-refractivity contribution in [3.8, 4) is 0 Å². The number of amides is 1. The summed E-state index contributed by atoms with van der Waals surface area (Å²) in [6.45, 7) is 5.16. The largest absolute Gasteiger partial charge is 0.367 e. The summed E-state index contributed by atoms with van der Waals surface area (Å²) < 4.78 is 32.1. The number of ether oxygens (including phenoxy) is 1.